The molecule has 0 aliphatic carbocycles. The summed E-state index contributed by atoms with van der Waals surface area (Å²) in [6.07, 6.45) is 9.41. The zero-order chi connectivity index (χ0) is 20.1. The van der Waals surface area contributed by atoms with E-state index in [-0.39, 0.29) is 0 Å². The first-order valence-corrected chi connectivity index (χ1v) is 10.8. The van der Waals surface area contributed by atoms with Crippen LogP contribution in [0.5, 0.6) is 0 Å². The number of rotatable bonds is 8. The van der Waals surface area contributed by atoms with Gasteiger partial charge in [-0.25, -0.2) is 4.57 Å². The molecule has 0 atom stereocenters. The Labute approximate surface area is 175 Å². The van der Waals surface area contributed by atoms with Crippen molar-refractivity contribution >= 4 is 40.8 Å². The number of benzene rings is 2. The molecule has 0 unspecified atom stereocenters. The molecule has 3 aromatic rings. The number of nitrogens with zero attached hydrogens (tertiary/aromatic N) is 2. The van der Waals surface area contributed by atoms with E-state index >= 15 is 0 Å². The minimum absolute atomic E-state index is 0.503. The van der Waals surface area contributed by atoms with Crippen LogP contribution in [-0.2, 0) is 16.6 Å². The third-order valence-electron chi connectivity index (χ3n) is 5.13. The Kier molecular flexibility index (Phi) is 6.15. The zero-order valence-corrected chi connectivity index (χ0v) is 17.4. The maximum Gasteiger partial charge on any atom is 0.293 e. The van der Waals surface area contributed by atoms with Gasteiger partial charge in [-0.3, -0.25) is 4.79 Å². The molecule has 1 aliphatic heterocycles. The van der Waals surface area contributed by atoms with Gasteiger partial charge in [0.25, 0.3) is 6.47 Å². The highest BCUT2D eigenvalue weighted by atomic mass is 32.2. The maximum atomic E-state index is 10.3. The summed E-state index contributed by atoms with van der Waals surface area (Å²) in [7, 11) is 2.03. The third-order valence-corrected chi connectivity index (χ3v) is 6.31. The molecule has 0 saturated heterocycles. The van der Waals surface area contributed by atoms with Gasteiger partial charge < -0.3 is 9.64 Å². The van der Waals surface area contributed by atoms with Crippen LogP contribution >= 0.6 is 11.8 Å². The number of carbonyl (C=O) groups excluding carboxylic acids is 1. The first-order chi connectivity index (χ1) is 14.3. The fourth-order valence-electron chi connectivity index (χ4n) is 3.60. The van der Waals surface area contributed by atoms with Crippen molar-refractivity contribution in [3.8, 4) is 0 Å². The Balaban J connectivity index is 1.61. The molecule has 0 bridgehead atoms. The topological polar surface area (TPSA) is 33.4 Å². The highest BCUT2D eigenvalue weighted by molar-refractivity contribution is 8.04. The van der Waals surface area contributed by atoms with Gasteiger partial charge in [0.15, 0.2) is 12.4 Å². The van der Waals surface area contributed by atoms with Crippen LogP contribution in [-0.4, -0.2) is 19.6 Å². The number of aryl methyl sites for hydroxylation is 1. The van der Waals surface area contributed by atoms with Crippen LogP contribution in [0, 0.1) is 0 Å². The van der Waals surface area contributed by atoms with Crippen molar-refractivity contribution in [1.82, 2.24) is 0 Å². The average molecular weight is 406 g/mol. The number of aromatic nitrogens is 1. The summed E-state index contributed by atoms with van der Waals surface area (Å²) in [5.74, 6) is 0. The van der Waals surface area contributed by atoms with Gasteiger partial charge in [-0.1, -0.05) is 42.1 Å². The van der Waals surface area contributed by atoms with Gasteiger partial charge >= 0.3 is 0 Å². The SMILES string of the molecule is C[n+]1ccc(/C=C2\Sc3c(ccc4ccccc34)N2CCCCCOC=O)cc1. The second kappa shape index (κ2) is 9.14. The van der Waals surface area contributed by atoms with Crippen LogP contribution in [0.1, 0.15) is 24.8 Å². The molecule has 2 heterocycles. The molecular weight excluding hydrogens is 380 g/mol. The summed E-state index contributed by atoms with van der Waals surface area (Å²) >= 11 is 1.85. The lowest BCUT2D eigenvalue weighted by atomic mass is 10.1. The normalized spacial score (nSPS) is 14.4. The van der Waals surface area contributed by atoms with Gasteiger partial charge in [0.2, 0.25) is 0 Å². The zero-order valence-electron chi connectivity index (χ0n) is 16.6. The lowest BCUT2D eigenvalue weighted by Crippen LogP contribution is -2.25. The molecule has 5 heteroatoms. The number of unbranched alkanes of at least 4 members (excludes halogenated alkanes) is 2. The van der Waals surface area contributed by atoms with Gasteiger partial charge in [0.05, 0.1) is 17.3 Å². The second-order valence-corrected chi connectivity index (χ2v) is 8.23. The summed E-state index contributed by atoms with van der Waals surface area (Å²) < 4.78 is 6.85. The molecule has 0 amide bonds. The van der Waals surface area contributed by atoms with E-state index in [2.05, 4.69) is 71.9 Å². The Bertz CT molecular complexity index is 1030. The lowest BCUT2D eigenvalue weighted by Gasteiger charge is -2.20. The van der Waals surface area contributed by atoms with Crippen molar-refractivity contribution in [3.63, 3.8) is 0 Å². The molecule has 4 nitrogen and oxygen atoms in total. The third kappa shape index (κ3) is 4.46. The number of hydrogen-bond acceptors (Lipinski definition) is 4. The summed E-state index contributed by atoms with van der Waals surface area (Å²) in [4.78, 5) is 14.1. The van der Waals surface area contributed by atoms with Crippen LogP contribution in [0.2, 0.25) is 0 Å². The molecule has 1 aromatic heterocycles. The van der Waals surface area contributed by atoms with E-state index in [4.69, 9.17) is 4.74 Å². The molecule has 0 spiro atoms. The lowest BCUT2D eigenvalue weighted by molar-refractivity contribution is -0.671. The smallest absolute Gasteiger partial charge is 0.293 e. The minimum Gasteiger partial charge on any atom is -0.468 e. The monoisotopic (exact) mass is 405 g/mol. The number of carbonyl (C=O) groups is 1. The highest BCUT2D eigenvalue weighted by Crippen LogP contribution is 2.50. The van der Waals surface area contributed by atoms with E-state index in [1.165, 1.54) is 31.9 Å². The van der Waals surface area contributed by atoms with E-state index in [1.807, 2.05) is 23.4 Å². The summed E-state index contributed by atoms with van der Waals surface area (Å²) in [6.45, 7) is 1.98. The molecule has 148 valence electrons. The average Bonchev–Trinajstić information content (AvgIpc) is 3.10. The van der Waals surface area contributed by atoms with Crippen LogP contribution in [0.3, 0.4) is 0 Å². The molecule has 0 saturated carbocycles. The van der Waals surface area contributed by atoms with Gasteiger partial charge in [-0.15, -0.1) is 0 Å². The van der Waals surface area contributed by atoms with E-state index in [1.54, 1.807) is 0 Å². The predicted octanol–water partition coefficient (Wildman–Crippen LogP) is 4.92. The minimum atomic E-state index is 0.503. The molecule has 0 fully saturated rings. The van der Waals surface area contributed by atoms with Crippen molar-refractivity contribution in [3.05, 3.63) is 71.5 Å². The van der Waals surface area contributed by atoms with Crippen molar-refractivity contribution in [2.45, 2.75) is 24.2 Å². The van der Waals surface area contributed by atoms with E-state index in [0.29, 0.717) is 13.1 Å². The van der Waals surface area contributed by atoms with Crippen molar-refractivity contribution in [2.75, 3.05) is 18.1 Å². The Hall–Kier alpha value is -2.79. The Morgan fingerprint density at radius 2 is 1.86 bits per heavy atom. The van der Waals surface area contributed by atoms with Gasteiger partial charge in [0, 0.05) is 23.6 Å². The molecule has 0 N–H and O–H groups in total. The van der Waals surface area contributed by atoms with Crippen LogP contribution < -0.4 is 9.47 Å². The Morgan fingerprint density at radius 1 is 1.03 bits per heavy atom. The van der Waals surface area contributed by atoms with Gasteiger partial charge in [-0.2, -0.15) is 0 Å². The molecule has 4 rings (SSSR count). The predicted molar refractivity (Wildman–Crippen MR) is 119 cm³/mol. The first kappa shape index (κ1) is 19.5. The van der Waals surface area contributed by atoms with Crippen molar-refractivity contribution in [2.24, 2.45) is 7.05 Å². The first-order valence-electron chi connectivity index (χ1n) is 9.95. The number of ether oxygens (including phenoxy) is 1. The number of anilines is 1. The fraction of sp³-hybridized carbons (Fsp3) is 0.250. The van der Waals surface area contributed by atoms with Crippen molar-refractivity contribution in [1.29, 1.82) is 0 Å². The number of hydrogen-bond donors (Lipinski definition) is 0. The standard InChI is InChI=1S/C24H25N2O2S/c1-25-14-11-19(12-15-25)17-23-26(13-5-2-6-16-28-18-27)22-10-9-20-7-3-4-8-21(20)24(22)29-23/h3-4,7-12,14-15,17-18H,2,5-6,13,16H2,1H3/q+1. The quantitative estimate of drug-likeness (QED) is 0.303. The van der Waals surface area contributed by atoms with E-state index in [9.17, 15) is 4.79 Å². The van der Waals surface area contributed by atoms with E-state index < -0.39 is 0 Å². The fourth-order valence-corrected chi connectivity index (χ4v) is 4.88. The summed E-state index contributed by atoms with van der Waals surface area (Å²) in [5, 5.41) is 3.84. The summed E-state index contributed by atoms with van der Waals surface area (Å²) in [6, 6.07) is 17.3. The maximum absolute atomic E-state index is 10.3. The largest absolute Gasteiger partial charge is 0.468 e. The molecule has 1 aliphatic rings. The second-order valence-electron chi connectivity index (χ2n) is 7.20. The van der Waals surface area contributed by atoms with Crippen molar-refractivity contribution < 1.29 is 14.1 Å². The van der Waals surface area contributed by atoms with Crippen LogP contribution in [0.25, 0.3) is 16.8 Å². The number of pyridine rings is 1. The molecule has 0 radical (unpaired) electrons. The summed E-state index contributed by atoms with van der Waals surface area (Å²) in [5.41, 5.74) is 2.48. The number of fused-ring (bicyclic) bond motifs is 3. The van der Waals surface area contributed by atoms with Gasteiger partial charge in [0.1, 0.15) is 7.05 Å². The molecular formula is C24H25N2O2S+. The Morgan fingerprint density at radius 3 is 2.69 bits per heavy atom. The van der Waals surface area contributed by atoms with Gasteiger partial charge in [-0.05, 0) is 47.7 Å². The van der Waals surface area contributed by atoms with E-state index in [0.717, 1.165) is 25.8 Å². The number of thioether (sulfide) groups is 1. The highest BCUT2D eigenvalue weighted by Gasteiger charge is 2.26. The molecule has 29 heavy (non-hydrogen) atoms. The molecule has 2 aromatic carbocycles. The van der Waals surface area contributed by atoms with Crippen LogP contribution in [0.4, 0.5) is 5.69 Å². The van der Waals surface area contributed by atoms with Crippen LogP contribution in [0.15, 0.2) is 70.8 Å².